The zero-order valence-electron chi connectivity index (χ0n) is 13.3. The highest BCUT2D eigenvalue weighted by Gasteiger charge is 2.39. The molecule has 23 heavy (non-hydrogen) atoms. The second kappa shape index (κ2) is 5.41. The second-order valence-electron chi connectivity index (χ2n) is 6.56. The molecule has 2 amide bonds. The van der Waals surface area contributed by atoms with Gasteiger partial charge < -0.3 is 4.98 Å². The average Bonchev–Trinajstić information content (AvgIpc) is 3.20. The number of para-hydroxylation sites is 1. The fourth-order valence-corrected chi connectivity index (χ4v) is 3.45. The average molecular weight is 311 g/mol. The van der Waals surface area contributed by atoms with E-state index in [9.17, 15) is 9.59 Å². The van der Waals surface area contributed by atoms with Gasteiger partial charge in [-0.15, -0.1) is 0 Å². The highest BCUT2D eigenvalue weighted by atomic mass is 16.2. The minimum absolute atomic E-state index is 0.0179. The smallest absolute Gasteiger partial charge is 0.245 e. The molecule has 2 heterocycles. The molecule has 120 valence electrons. The van der Waals surface area contributed by atoms with E-state index >= 15 is 0 Å². The summed E-state index contributed by atoms with van der Waals surface area (Å²) in [6.07, 6.45) is 3.15. The van der Waals surface area contributed by atoms with E-state index in [0.717, 1.165) is 41.4 Å². The molecular formula is C18H21N3O2. The van der Waals surface area contributed by atoms with Crippen molar-refractivity contribution in [2.45, 2.75) is 32.6 Å². The third-order valence-corrected chi connectivity index (χ3v) is 4.86. The highest BCUT2D eigenvalue weighted by Crippen LogP contribution is 2.33. The molecule has 0 unspecified atom stereocenters. The molecule has 0 spiro atoms. The molecule has 1 N–H and O–H groups in total. The Hall–Kier alpha value is -2.30. The molecule has 1 aromatic heterocycles. The number of aromatic amines is 1. The summed E-state index contributed by atoms with van der Waals surface area (Å²) in [5.41, 5.74) is 3.12. The van der Waals surface area contributed by atoms with Gasteiger partial charge in [-0.1, -0.05) is 18.2 Å². The van der Waals surface area contributed by atoms with Crippen LogP contribution in [0.5, 0.6) is 0 Å². The number of hydrogen-bond donors (Lipinski definition) is 1. The molecule has 1 aromatic carbocycles. The molecule has 2 fully saturated rings. The summed E-state index contributed by atoms with van der Waals surface area (Å²) in [4.78, 5) is 28.4. The van der Waals surface area contributed by atoms with Crippen LogP contribution < -0.4 is 0 Å². The molecule has 0 radical (unpaired) electrons. The first-order valence-electron chi connectivity index (χ1n) is 8.33. The van der Waals surface area contributed by atoms with Gasteiger partial charge in [0.2, 0.25) is 11.8 Å². The summed E-state index contributed by atoms with van der Waals surface area (Å²) < 4.78 is 0. The number of rotatable bonds is 3. The lowest BCUT2D eigenvalue weighted by Gasteiger charge is -2.28. The number of hydrogen-bond acceptors (Lipinski definition) is 2. The Morgan fingerprint density at radius 2 is 1.91 bits per heavy atom. The van der Waals surface area contributed by atoms with Crippen LogP contribution in [-0.2, 0) is 16.0 Å². The van der Waals surface area contributed by atoms with Gasteiger partial charge in [-0.05, 0) is 37.8 Å². The zero-order chi connectivity index (χ0) is 16.0. The zero-order valence-corrected chi connectivity index (χ0v) is 13.3. The van der Waals surface area contributed by atoms with Crippen LogP contribution in [0.15, 0.2) is 24.3 Å². The summed E-state index contributed by atoms with van der Waals surface area (Å²) in [5.74, 6) is 0.300. The van der Waals surface area contributed by atoms with Gasteiger partial charge in [0.25, 0.3) is 0 Å². The molecule has 2 aliphatic rings. The molecule has 0 bridgehead atoms. The predicted molar refractivity (Wildman–Crippen MR) is 87.5 cm³/mol. The first-order valence-corrected chi connectivity index (χ1v) is 8.33. The Balaban J connectivity index is 1.56. The fraction of sp³-hybridized carbons (Fsp3) is 0.444. The topological polar surface area (TPSA) is 56.4 Å². The number of carbonyl (C=O) groups is 2. The number of hydrazine groups is 1. The van der Waals surface area contributed by atoms with Crippen molar-refractivity contribution in [2.24, 2.45) is 5.92 Å². The van der Waals surface area contributed by atoms with Gasteiger partial charge in [-0.25, -0.2) is 0 Å². The van der Waals surface area contributed by atoms with Crippen molar-refractivity contribution >= 4 is 22.7 Å². The van der Waals surface area contributed by atoms with Gasteiger partial charge in [0.15, 0.2) is 0 Å². The molecule has 5 heteroatoms. The van der Waals surface area contributed by atoms with Crippen LogP contribution >= 0.6 is 0 Å². The Kier molecular flexibility index (Phi) is 3.36. The number of nitrogens with one attached hydrogen (secondary N) is 1. The lowest BCUT2D eigenvalue weighted by Crippen LogP contribution is -2.46. The van der Waals surface area contributed by atoms with Crippen molar-refractivity contribution in [2.75, 3.05) is 13.1 Å². The normalized spacial score (nSPS) is 18.0. The van der Waals surface area contributed by atoms with Crippen LogP contribution in [0.2, 0.25) is 0 Å². The van der Waals surface area contributed by atoms with Crippen LogP contribution in [0, 0.1) is 12.8 Å². The van der Waals surface area contributed by atoms with Gasteiger partial charge in [0, 0.05) is 35.6 Å². The van der Waals surface area contributed by atoms with Crippen LogP contribution in [-0.4, -0.2) is 39.9 Å². The lowest BCUT2D eigenvalue weighted by atomic mass is 10.1. The van der Waals surface area contributed by atoms with Gasteiger partial charge in [0.1, 0.15) is 0 Å². The molecule has 1 saturated carbocycles. The third kappa shape index (κ3) is 2.50. The lowest BCUT2D eigenvalue weighted by molar-refractivity contribution is -0.158. The number of fused-ring (bicyclic) bond motifs is 1. The number of H-pyrrole nitrogens is 1. The predicted octanol–water partition coefficient (Wildman–Crippen LogP) is 2.40. The van der Waals surface area contributed by atoms with Crippen molar-refractivity contribution in [1.82, 2.24) is 15.0 Å². The Labute approximate surface area is 135 Å². The van der Waals surface area contributed by atoms with Crippen molar-refractivity contribution in [3.63, 3.8) is 0 Å². The number of nitrogens with zero attached hydrogens (tertiary/aromatic N) is 2. The molecular weight excluding hydrogens is 290 g/mol. The highest BCUT2D eigenvalue weighted by molar-refractivity contribution is 5.91. The number of aromatic nitrogens is 1. The molecule has 0 atom stereocenters. The van der Waals surface area contributed by atoms with E-state index in [1.807, 2.05) is 31.2 Å². The minimum atomic E-state index is 0.0179. The minimum Gasteiger partial charge on any atom is -0.358 e. The van der Waals surface area contributed by atoms with E-state index in [-0.39, 0.29) is 17.7 Å². The number of amides is 2. The first-order chi connectivity index (χ1) is 11.1. The Morgan fingerprint density at radius 1 is 1.17 bits per heavy atom. The number of carbonyl (C=O) groups excluding carboxylic acids is 2. The standard InChI is InChI=1S/C18H21N3O2/c1-12-15(14-5-2-3-6-16(14)19-12)11-17(22)20-9-4-10-21(20)18(23)13-7-8-13/h2-3,5-6,13,19H,4,7-11H2,1H3. The molecule has 5 nitrogen and oxygen atoms in total. The van der Waals surface area contributed by atoms with E-state index < -0.39 is 0 Å². The Morgan fingerprint density at radius 3 is 2.70 bits per heavy atom. The van der Waals surface area contributed by atoms with Gasteiger partial charge in [-0.3, -0.25) is 19.6 Å². The fourth-order valence-electron chi connectivity index (χ4n) is 3.45. The van der Waals surface area contributed by atoms with E-state index in [2.05, 4.69) is 4.98 Å². The maximum absolute atomic E-state index is 12.8. The van der Waals surface area contributed by atoms with Gasteiger partial charge in [-0.2, -0.15) is 0 Å². The van der Waals surface area contributed by atoms with E-state index in [0.29, 0.717) is 19.5 Å². The van der Waals surface area contributed by atoms with Crippen molar-refractivity contribution in [3.05, 3.63) is 35.5 Å². The quantitative estimate of drug-likeness (QED) is 0.946. The molecule has 1 aliphatic heterocycles. The second-order valence-corrected chi connectivity index (χ2v) is 6.56. The summed E-state index contributed by atoms with van der Waals surface area (Å²) in [5, 5.41) is 4.45. The van der Waals surface area contributed by atoms with E-state index in [1.54, 1.807) is 10.0 Å². The maximum Gasteiger partial charge on any atom is 0.245 e. The monoisotopic (exact) mass is 311 g/mol. The van der Waals surface area contributed by atoms with Gasteiger partial charge in [0.05, 0.1) is 6.42 Å². The Bertz CT molecular complexity index is 776. The molecule has 4 rings (SSSR count). The van der Waals surface area contributed by atoms with Crippen LogP contribution in [0.4, 0.5) is 0 Å². The van der Waals surface area contributed by atoms with E-state index in [4.69, 9.17) is 0 Å². The SMILES string of the molecule is Cc1[nH]c2ccccc2c1CC(=O)N1CCCN1C(=O)C1CC1. The largest absolute Gasteiger partial charge is 0.358 e. The molecule has 2 aromatic rings. The van der Waals surface area contributed by atoms with Crippen molar-refractivity contribution in [3.8, 4) is 0 Å². The summed E-state index contributed by atoms with van der Waals surface area (Å²) in [6, 6.07) is 8.04. The van der Waals surface area contributed by atoms with E-state index in [1.165, 1.54) is 0 Å². The van der Waals surface area contributed by atoms with Crippen molar-refractivity contribution < 1.29 is 9.59 Å². The maximum atomic E-state index is 12.8. The molecule has 1 saturated heterocycles. The third-order valence-electron chi connectivity index (χ3n) is 4.86. The van der Waals surface area contributed by atoms with Crippen molar-refractivity contribution in [1.29, 1.82) is 0 Å². The van der Waals surface area contributed by atoms with Gasteiger partial charge >= 0.3 is 0 Å². The van der Waals surface area contributed by atoms with Crippen LogP contribution in [0.1, 0.15) is 30.5 Å². The summed E-state index contributed by atoms with van der Waals surface area (Å²) in [6.45, 7) is 3.33. The number of benzene rings is 1. The summed E-state index contributed by atoms with van der Waals surface area (Å²) in [7, 11) is 0. The first kappa shape index (κ1) is 14.3. The molecule has 1 aliphatic carbocycles. The van der Waals surface area contributed by atoms with Crippen LogP contribution in [0.25, 0.3) is 10.9 Å². The number of aryl methyl sites for hydroxylation is 1. The van der Waals surface area contributed by atoms with Crippen LogP contribution in [0.3, 0.4) is 0 Å². The summed E-state index contributed by atoms with van der Waals surface area (Å²) >= 11 is 0.